The summed E-state index contributed by atoms with van der Waals surface area (Å²) in [4.78, 5) is 0. The molecule has 1 N–H and O–H groups in total. The maximum Gasteiger partial charge on any atom is 0.179 e. The Morgan fingerprint density at radius 1 is 0.917 bits per heavy atom. The van der Waals surface area contributed by atoms with Crippen LogP contribution >= 0.6 is 0 Å². The molecule has 0 aromatic rings. The van der Waals surface area contributed by atoms with Gasteiger partial charge in [0.25, 0.3) is 0 Å². The Morgan fingerprint density at radius 3 is 1.17 bits per heavy atom. The molecule has 1 aliphatic carbocycles. The number of hydrogen-bond acceptors (Lipinski definition) is 1. The maximum absolute atomic E-state index is 8.38. The van der Waals surface area contributed by atoms with Crippen molar-refractivity contribution in [2.75, 3.05) is 27.9 Å². The molecular weight excluding hydrogens is 265 g/mol. The summed E-state index contributed by atoms with van der Waals surface area (Å²) in [5.74, 6) is 0. The third-order valence-corrected chi connectivity index (χ3v) is 1.67. The third kappa shape index (κ3) is 13.3. The highest BCUT2D eigenvalue weighted by atomic mass is 127. The van der Waals surface area contributed by atoms with Gasteiger partial charge in [0.15, 0.2) is 6.73 Å². The van der Waals surface area contributed by atoms with Gasteiger partial charge in [-0.2, -0.15) is 0 Å². The van der Waals surface area contributed by atoms with Crippen LogP contribution < -0.4 is 24.0 Å². The maximum atomic E-state index is 8.38. The van der Waals surface area contributed by atoms with Gasteiger partial charge in [-0.15, -0.1) is 0 Å². The lowest BCUT2D eigenvalue weighted by molar-refractivity contribution is -0.889. The molecule has 3 heteroatoms. The summed E-state index contributed by atoms with van der Waals surface area (Å²) in [6, 6.07) is 0. The van der Waals surface area contributed by atoms with Crippen molar-refractivity contribution in [3.8, 4) is 0 Å². The average molecular weight is 287 g/mol. The normalized spacial score (nSPS) is 16.0. The minimum absolute atomic E-state index is 0. The molecule has 0 aromatic heterocycles. The first-order chi connectivity index (χ1) is 5.06. The Bertz CT molecular complexity index is 79.4. The van der Waals surface area contributed by atoms with Gasteiger partial charge in [0, 0.05) is 0 Å². The van der Waals surface area contributed by atoms with E-state index in [2.05, 4.69) is 0 Å². The third-order valence-electron chi connectivity index (χ3n) is 1.67. The summed E-state index contributed by atoms with van der Waals surface area (Å²) in [7, 11) is 5.79. The lowest BCUT2D eigenvalue weighted by Gasteiger charge is -2.19. The van der Waals surface area contributed by atoms with Crippen LogP contribution in [0, 0.1) is 0 Å². The van der Waals surface area contributed by atoms with Gasteiger partial charge in [0.1, 0.15) is 0 Å². The second-order valence-electron chi connectivity index (χ2n) is 4.20. The van der Waals surface area contributed by atoms with Crippen molar-refractivity contribution in [3.05, 3.63) is 0 Å². The van der Waals surface area contributed by atoms with E-state index < -0.39 is 0 Å². The molecule has 76 valence electrons. The van der Waals surface area contributed by atoms with Crippen molar-refractivity contribution in [1.82, 2.24) is 0 Å². The van der Waals surface area contributed by atoms with Crippen LogP contribution in [0.3, 0.4) is 0 Å². The van der Waals surface area contributed by atoms with E-state index in [0.717, 1.165) is 0 Å². The number of rotatable bonds is 1. The molecule has 0 bridgehead atoms. The van der Waals surface area contributed by atoms with Crippen molar-refractivity contribution in [2.24, 2.45) is 0 Å². The lowest BCUT2D eigenvalue weighted by Crippen LogP contribution is -3.00. The van der Waals surface area contributed by atoms with Crippen molar-refractivity contribution in [1.29, 1.82) is 0 Å². The molecule has 0 radical (unpaired) electrons. The van der Waals surface area contributed by atoms with Gasteiger partial charge in [-0.05, 0) is 0 Å². The van der Waals surface area contributed by atoms with Crippen LogP contribution in [-0.2, 0) is 0 Å². The summed E-state index contributed by atoms with van der Waals surface area (Å²) in [5.41, 5.74) is 0. The fraction of sp³-hybridized carbons (Fsp3) is 1.00. The van der Waals surface area contributed by atoms with Crippen LogP contribution in [-0.4, -0.2) is 37.5 Å². The van der Waals surface area contributed by atoms with Crippen LogP contribution in [0.2, 0.25) is 0 Å². The van der Waals surface area contributed by atoms with Crippen molar-refractivity contribution in [2.45, 2.75) is 32.1 Å². The highest BCUT2D eigenvalue weighted by molar-refractivity contribution is 4.51. The summed E-state index contributed by atoms with van der Waals surface area (Å²) in [6.45, 7) is 0.208. The lowest BCUT2D eigenvalue weighted by atomic mass is 10.4. The van der Waals surface area contributed by atoms with Crippen LogP contribution in [0.25, 0.3) is 0 Å². The summed E-state index contributed by atoms with van der Waals surface area (Å²) >= 11 is 0. The number of hydrogen-bond donors (Lipinski definition) is 1. The molecule has 0 spiro atoms. The Balaban J connectivity index is 0. The molecule has 0 atom stereocenters. The van der Waals surface area contributed by atoms with E-state index in [1.165, 1.54) is 32.1 Å². The van der Waals surface area contributed by atoms with Crippen LogP contribution in [0.1, 0.15) is 32.1 Å². The molecule has 0 amide bonds. The average Bonchev–Trinajstić information content (AvgIpc) is 2.41. The second-order valence-corrected chi connectivity index (χ2v) is 4.20. The minimum Gasteiger partial charge on any atom is -1.00 e. The summed E-state index contributed by atoms with van der Waals surface area (Å²) < 4.78 is 0.625. The van der Waals surface area contributed by atoms with E-state index in [-0.39, 0.29) is 30.7 Å². The fourth-order valence-electron chi connectivity index (χ4n) is 0.884. The van der Waals surface area contributed by atoms with Gasteiger partial charge in [0.05, 0.1) is 21.1 Å². The number of halogens is 1. The number of aliphatic hydroxyl groups excluding tert-OH is 1. The van der Waals surface area contributed by atoms with E-state index in [9.17, 15) is 0 Å². The van der Waals surface area contributed by atoms with E-state index in [0.29, 0.717) is 4.48 Å². The van der Waals surface area contributed by atoms with Gasteiger partial charge >= 0.3 is 0 Å². The molecule has 12 heavy (non-hydrogen) atoms. The topological polar surface area (TPSA) is 20.2 Å². The predicted molar refractivity (Wildman–Crippen MR) is 48.2 cm³/mol. The molecule has 0 aliphatic heterocycles. The van der Waals surface area contributed by atoms with E-state index >= 15 is 0 Å². The molecule has 0 saturated heterocycles. The molecule has 1 fully saturated rings. The molecule has 0 aromatic carbocycles. The highest BCUT2D eigenvalue weighted by Gasteiger charge is 1.99. The predicted octanol–water partition coefficient (Wildman–Crippen LogP) is -1.40. The highest BCUT2D eigenvalue weighted by Crippen LogP contribution is 2.15. The van der Waals surface area contributed by atoms with Crippen molar-refractivity contribution < 1.29 is 33.6 Å². The quantitative estimate of drug-likeness (QED) is 0.357. The molecule has 2 nitrogen and oxygen atoms in total. The van der Waals surface area contributed by atoms with Crippen LogP contribution in [0.4, 0.5) is 0 Å². The minimum atomic E-state index is 0. The molecular formula is C9H22INO. The van der Waals surface area contributed by atoms with Crippen LogP contribution in [0.5, 0.6) is 0 Å². The van der Waals surface area contributed by atoms with Gasteiger partial charge in [-0.3, -0.25) is 0 Å². The van der Waals surface area contributed by atoms with Gasteiger partial charge < -0.3 is 33.6 Å². The fourth-order valence-corrected chi connectivity index (χ4v) is 0.884. The largest absolute Gasteiger partial charge is 1.00 e. The van der Waals surface area contributed by atoms with E-state index in [1.54, 1.807) is 0 Å². The van der Waals surface area contributed by atoms with Crippen molar-refractivity contribution >= 4 is 0 Å². The smallest absolute Gasteiger partial charge is 0.179 e. The molecule has 1 saturated carbocycles. The van der Waals surface area contributed by atoms with Gasteiger partial charge in [-0.25, -0.2) is 0 Å². The second kappa shape index (κ2) is 8.26. The summed E-state index contributed by atoms with van der Waals surface area (Å²) in [6.07, 6.45) is 7.50. The Kier molecular flexibility index (Phi) is 10.4. The van der Waals surface area contributed by atoms with Crippen molar-refractivity contribution in [3.63, 3.8) is 0 Å². The molecule has 0 unspecified atom stereocenters. The Hall–Kier alpha value is 0.650. The first kappa shape index (κ1) is 15.1. The number of quaternary nitrogens is 1. The Morgan fingerprint density at radius 2 is 1.08 bits per heavy atom. The monoisotopic (exact) mass is 287 g/mol. The van der Waals surface area contributed by atoms with Gasteiger partial charge in [0.2, 0.25) is 0 Å². The Labute approximate surface area is 93.6 Å². The number of nitrogens with zero attached hydrogens (tertiary/aromatic N) is 1. The summed E-state index contributed by atoms with van der Waals surface area (Å²) in [5, 5.41) is 8.38. The standard InChI is InChI=1S/C5H10.C4H12NO.HI/c1-2-4-5-3-1;1-5(2,3)4-6;/h1-5H2;6H,4H2,1-3H3;1H/q;+1;/p-1. The number of aliphatic hydroxyl groups is 1. The zero-order valence-corrected chi connectivity index (χ0v) is 10.7. The zero-order valence-electron chi connectivity index (χ0n) is 8.52. The zero-order chi connectivity index (χ0) is 8.74. The van der Waals surface area contributed by atoms with E-state index in [4.69, 9.17) is 5.11 Å². The first-order valence-corrected chi connectivity index (χ1v) is 4.47. The molecule has 1 aliphatic rings. The van der Waals surface area contributed by atoms with Crippen LogP contribution in [0.15, 0.2) is 0 Å². The first-order valence-electron chi connectivity index (χ1n) is 4.47. The van der Waals surface area contributed by atoms with Gasteiger partial charge in [-0.1, -0.05) is 32.1 Å². The SMILES string of the molecule is C1CCCC1.C[N+](C)(C)CO.[I-]. The molecule has 0 heterocycles. The molecule has 1 rings (SSSR count). The van der Waals surface area contributed by atoms with E-state index in [1.807, 2.05) is 21.1 Å².